The molecule has 1 atom stereocenters. The zero-order chi connectivity index (χ0) is 20.8. The van der Waals surface area contributed by atoms with E-state index in [1.807, 2.05) is 0 Å². The van der Waals surface area contributed by atoms with Crippen molar-refractivity contribution in [3.05, 3.63) is 27.8 Å². The molecule has 1 fully saturated rings. The molecule has 0 saturated heterocycles. The van der Waals surface area contributed by atoms with Crippen LogP contribution in [0, 0.1) is 0 Å². The minimum absolute atomic E-state index is 0.00518. The average Bonchev–Trinajstić information content (AvgIpc) is 3.29. The van der Waals surface area contributed by atoms with Crippen LogP contribution in [-0.4, -0.2) is 38.4 Å². The molecule has 8 nitrogen and oxygen atoms in total. The van der Waals surface area contributed by atoms with Gasteiger partial charge in [0.15, 0.2) is 11.4 Å². The Kier molecular flexibility index (Phi) is 5.26. The lowest BCUT2D eigenvalue weighted by Gasteiger charge is -2.15. The van der Waals surface area contributed by atoms with E-state index in [4.69, 9.17) is 0 Å². The Hall–Kier alpha value is -2.37. The molecule has 28 heavy (non-hydrogen) atoms. The highest BCUT2D eigenvalue weighted by Gasteiger charge is 2.43. The lowest BCUT2D eigenvalue weighted by Crippen LogP contribution is -2.27. The average molecular weight is 463 g/mol. The van der Waals surface area contributed by atoms with Gasteiger partial charge >= 0.3 is 6.18 Å². The van der Waals surface area contributed by atoms with Crippen LogP contribution in [0.25, 0.3) is 0 Å². The summed E-state index contributed by atoms with van der Waals surface area (Å²) in [7, 11) is 3.00. The molecular weight excluding hydrogens is 445 g/mol. The van der Waals surface area contributed by atoms with Crippen molar-refractivity contribution in [2.24, 2.45) is 7.05 Å². The van der Waals surface area contributed by atoms with Crippen molar-refractivity contribution in [1.82, 2.24) is 24.9 Å². The Bertz CT molecular complexity index is 932. The second-order valence-corrected chi connectivity index (χ2v) is 7.37. The van der Waals surface area contributed by atoms with Gasteiger partial charge in [-0.25, -0.2) is 0 Å². The molecule has 1 saturated carbocycles. The van der Waals surface area contributed by atoms with Gasteiger partial charge in [-0.2, -0.15) is 23.4 Å². The highest BCUT2D eigenvalue weighted by Crippen LogP contribution is 2.47. The monoisotopic (exact) mass is 462 g/mol. The molecule has 0 spiro atoms. The Morgan fingerprint density at radius 2 is 1.96 bits per heavy atom. The number of amides is 2. The van der Waals surface area contributed by atoms with Gasteiger partial charge < -0.3 is 10.6 Å². The fraction of sp³-hybridized carbons (Fsp3) is 0.500. The molecule has 0 radical (unpaired) electrons. The van der Waals surface area contributed by atoms with Gasteiger partial charge in [-0.1, -0.05) is 0 Å². The predicted octanol–water partition coefficient (Wildman–Crippen LogP) is 2.83. The standard InChI is InChI=1S/C16H18BrF3N6O2/c1-7(14(27)22-9-6-25(3)23-11(9)15(28)21-2)26-12(8-4-5-8)10(17)13(24-26)16(18,19)20/h6-8H,4-5H2,1-3H3,(H,21,28)(H,22,27). The topological polar surface area (TPSA) is 93.8 Å². The summed E-state index contributed by atoms with van der Waals surface area (Å²) < 4.78 is 42.1. The van der Waals surface area contributed by atoms with Gasteiger partial charge in [-0.3, -0.25) is 19.0 Å². The first-order chi connectivity index (χ1) is 13.0. The van der Waals surface area contributed by atoms with Gasteiger partial charge in [0.1, 0.15) is 6.04 Å². The van der Waals surface area contributed by atoms with Gasteiger partial charge in [0, 0.05) is 26.2 Å². The summed E-state index contributed by atoms with van der Waals surface area (Å²) in [5.41, 5.74) is -0.534. The van der Waals surface area contributed by atoms with Crippen molar-refractivity contribution in [2.75, 3.05) is 12.4 Å². The number of nitrogens with one attached hydrogen (secondary N) is 2. The number of nitrogens with zero attached hydrogens (tertiary/aromatic N) is 4. The molecule has 0 aliphatic heterocycles. The second-order valence-electron chi connectivity index (χ2n) is 6.57. The van der Waals surface area contributed by atoms with Crippen molar-refractivity contribution >= 4 is 33.4 Å². The summed E-state index contributed by atoms with van der Waals surface area (Å²) in [6.07, 6.45) is -1.73. The molecule has 12 heteroatoms. The number of aromatic nitrogens is 4. The van der Waals surface area contributed by atoms with Crippen molar-refractivity contribution in [3.63, 3.8) is 0 Å². The molecule has 1 unspecified atom stereocenters. The minimum Gasteiger partial charge on any atom is -0.354 e. The number of aryl methyl sites for hydroxylation is 1. The van der Waals surface area contributed by atoms with E-state index < -0.39 is 29.7 Å². The van der Waals surface area contributed by atoms with Crippen LogP contribution in [0.3, 0.4) is 0 Å². The zero-order valence-corrected chi connectivity index (χ0v) is 16.8. The zero-order valence-electron chi connectivity index (χ0n) is 15.3. The molecule has 2 aromatic heterocycles. The molecule has 2 aromatic rings. The first-order valence-electron chi connectivity index (χ1n) is 8.46. The highest BCUT2D eigenvalue weighted by molar-refractivity contribution is 9.10. The van der Waals surface area contributed by atoms with E-state index >= 15 is 0 Å². The normalized spacial score (nSPS) is 15.4. The summed E-state index contributed by atoms with van der Waals surface area (Å²) in [5, 5.41) is 12.6. The number of halogens is 4. The third-order valence-electron chi connectivity index (χ3n) is 4.39. The van der Waals surface area contributed by atoms with Gasteiger partial charge in [0.2, 0.25) is 5.91 Å². The summed E-state index contributed by atoms with van der Waals surface area (Å²) in [6, 6.07) is -1.03. The fourth-order valence-electron chi connectivity index (χ4n) is 2.84. The lowest BCUT2D eigenvalue weighted by atomic mass is 10.2. The van der Waals surface area contributed by atoms with Crippen LogP contribution in [0.2, 0.25) is 0 Å². The number of hydrogen-bond acceptors (Lipinski definition) is 4. The molecule has 1 aliphatic rings. The van der Waals surface area contributed by atoms with Crippen molar-refractivity contribution in [3.8, 4) is 0 Å². The minimum atomic E-state index is -4.64. The highest BCUT2D eigenvalue weighted by atomic mass is 79.9. The molecule has 3 rings (SSSR count). The number of rotatable bonds is 5. The number of carbonyl (C=O) groups is 2. The Morgan fingerprint density at radius 3 is 2.50 bits per heavy atom. The van der Waals surface area contributed by atoms with Crippen LogP contribution in [-0.2, 0) is 18.0 Å². The first-order valence-corrected chi connectivity index (χ1v) is 9.25. The quantitative estimate of drug-likeness (QED) is 0.714. The largest absolute Gasteiger partial charge is 0.436 e. The molecule has 2 amide bonds. The van der Waals surface area contributed by atoms with Gasteiger partial charge in [0.25, 0.3) is 5.91 Å². The number of alkyl halides is 3. The molecule has 152 valence electrons. The van der Waals surface area contributed by atoms with Crippen LogP contribution in [0.5, 0.6) is 0 Å². The van der Waals surface area contributed by atoms with E-state index in [9.17, 15) is 22.8 Å². The maximum absolute atomic E-state index is 13.3. The SMILES string of the molecule is CNC(=O)c1nn(C)cc1NC(=O)C(C)n1nc(C(F)(F)F)c(Br)c1C1CC1. The van der Waals surface area contributed by atoms with Gasteiger partial charge in [0.05, 0.1) is 15.9 Å². The molecule has 0 bridgehead atoms. The summed E-state index contributed by atoms with van der Waals surface area (Å²) in [4.78, 5) is 24.6. The van der Waals surface area contributed by atoms with E-state index in [0.717, 1.165) is 17.5 Å². The van der Waals surface area contributed by atoms with Crippen LogP contribution in [0.15, 0.2) is 10.7 Å². The summed E-state index contributed by atoms with van der Waals surface area (Å²) >= 11 is 3.00. The van der Waals surface area contributed by atoms with E-state index in [1.165, 1.54) is 24.9 Å². The maximum Gasteiger partial charge on any atom is 0.436 e. The molecule has 2 N–H and O–H groups in total. The van der Waals surface area contributed by atoms with Crippen LogP contribution in [0.4, 0.5) is 18.9 Å². The summed E-state index contributed by atoms with van der Waals surface area (Å²) in [6.45, 7) is 1.46. The van der Waals surface area contributed by atoms with Crippen molar-refractivity contribution in [2.45, 2.75) is 37.9 Å². The van der Waals surface area contributed by atoms with E-state index in [1.54, 1.807) is 7.05 Å². The van der Waals surface area contributed by atoms with Crippen molar-refractivity contribution in [1.29, 1.82) is 0 Å². The second kappa shape index (κ2) is 7.22. The molecular formula is C16H18BrF3N6O2. The lowest BCUT2D eigenvalue weighted by molar-refractivity contribution is -0.142. The third-order valence-corrected chi connectivity index (χ3v) is 5.18. The fourth-order valence-corrected chi connectivity index (χ4v) is 3.65. The maximum atomic E-state index is 13.3. The summed E-state index contributed by atoms with van der Waals surface area (Å²) in [5.74, 6) is -1.18. The number of carbonyl (C=O) groups excluding carboxylic acids is 2. The Morgan fingerprint density at radius 1 is 1.32 bits per heavy atom. The van der Waals surface area contributed by atoms with Crippen LogP contribution >= 0.6 is 15.9 Å². The molecule has 0 aromatic carbocycles. The Balaban J connectivity index is 1.92. The molecule has 1 aliphatic carbocycles. The Labute approximate surface area is 166 Å². The van der Waals surface area contributed by atoms with Crippen LogP contribution in [0.1, 0.15) is 53.6 Å². The first kappa shape index (κ1) is 20.4. The van der Waals surface area contributed by atoms with E-state index in [-0.39, 0.29) is 21.8 Å². The van der Waals surface area contributed by atoms with Crippen LogP contribution < -0.4 is 10.6 Å². The predicted molar refractivity (Wildman–Crippen MR) is 96.8 cm³/mol. The van der Waals surface area contributed by atoms with Gasteiger partial charge in [-0.15, -0.1) is 0 Å². The smallest absolute Gasteiger partial charge is 0.354 e. The van der Waals surface area contributed by atoms with Crippen molar-refractivity contribution < 1.29 is 22.8 Å². The number of anilines is 1. The third kappa shape index (κ3) is 3.77. The number of hydrogen-bond donors (Lipinski definition) is 2. The molecule has 2 heterocycles. The van der Waals surface area contributed by atoms with E-state index in [2.05, 4.69) is 36.8 Å². The van der Waals surface area contributed by atoms with E-state index in [0.29, 0.717) is 5.69 Å². The van der Waals surface area contributed by atoms with Gasteiger partial charge in [-0.05, 0) is 35.7 Å².